The Morgan fingerprint density at radius 3 is 2.67 bits per heavy atom. The van der Waals surface area contributed by atoms with Gasteiger partial charge in [-0.05, 0) is 68.7 Å². The van der Waals surface area contributed by atoms with Crippen LogP contribution in [0, 0.1) is 17.6 Å². The summed E-state index contributed by atoms with van der Waals surface area (Å²) >= 11 is 0. The molecular weight excluding hydrogens is 624 g/mol. The number of likely N-dealkylation sites (tertiary alicyclic amines) is 1. The smallest absolute Gasteiger partial charge is 0.319 e. The van der Waals surface area contributed by atoms with Crippen LogP contribution >= 0.6 is 0 Å². The molecule has 0 radical (unpaired) electrons. The lowest BCUT2D eigenvalue weighted by molar-refractivity contribution is -0.0123. The number of phenolic OH excluding ortho intramolecular Hbond substituents is 1. The third-order valence-electron chi connectivity index (χ3n) is 9.56. The van der Waals surface area contributed by atoms with E-state index in [2.05, 4.69) is 14.9 Å². The van der Waals surface area contributed by atoms with Gasteiger partial charge in [-0.15, -0.1) is 0 Å². The van der Waals surface area contributed by atoms with Gasteiger partial charge in [0.25, 0.3) is 0 Å². The molecule has 3 fully saturated rings. The monoisotopic (exact) mass is 665 g/mol. The first-order chi connectivity index (χ1) is 23.2. The average Bonchev–Trinajstić information content (AvgIpc) is 3.43. The second-order valence-corrected chi connectivity index (χ2v) is 13.3. The molecule has 13 heteroatoms. The summed E-state index contributed by atoms with van der Waals surface area (Å²) in [7, 11) is 1.40. The van der Waals surface area contributed by atoms with Crippen LogP contribution in [0.1, 0.15) is 32.6 Å². The number of pyridine rings is 1. The first-order valence-corrected chi connectivity index (χ1v) is 16.6. The second-order valence-electron chi connectivity index (χ2n) is 13.3. The minimum Gasteiger partial charge on any atom is -0.508 e. The Bertz CT molecular complexity index is 1800. The lowest BCUT2D eigenvalue weighted by Gasteiger charge is -2.31. The third-order valence-corrected chi connectivity index (χ3v) is 9.56. The van der Waals surface area contributed by atoms with Crippen molar-refractivity contribution in [2.24, 2.45) is 5.92 Å². The molecule has 2 aromatic heterocycles. The van der Waals surface area contributed by atoms with Crippen LogP contribution in [-0.2, 0) is 9.47 Å². The number of aliphatic hydroxyl groups is 1. The Labute approximate surface area is 277 Å². The largest absolute Gasteiger partial charge is 0.508 e. The molecule has 0 spiro atoms. The molecule has 4 aromatic rings. The molecule has 11 nitrogen and oxygen atoms in total. The average molecular weight is 666 g/mol. The van der Waals surface area contributed by atoms with E-state index in [1.54, 1.807) is 17.9 Å². The predicted octanol–water partition coefficient (Wildman–Crippen LogP) is 4.69. The van der Waals surface area contributed by atoms with Gasteiger partial charge in [0.1, 0.15) is 46.2 Å². The number of hydrogen-bond acceptors (Lipinski definition) is 11. The van der Waals surface area contributed by atoms with Crippen LogP contribution in [0.2, 0.25) is 0 Å². The summed E-state index contributed by atoms with van der Waals surface area (Å²) in [6.07, 6.45) is 4.10. The molecule has 0 aliphatic carbocycles. The molecule has 5 heterocycles. The van der Waals surface area contributed by atoms with E-state index in [4.69, 9.17) is 23.9 Å². The lowest BCUT2D eigenvalue weighted by Crippen LogP contribution is -2.42. The maximum Gasteiger partial charge on any atom is 0.319 e. The number of rotatable bonds is 8. The van der Waals surface area contributed by atoms with E-state index < -0.39 is 17.2 Å². The van der Waals surface area contributed by atoms with Gasteiger partial charge in [-0.1, -0.05) is 12.1 Å². The molecule has 256 valence electrons. The van der Waals surface area contributed by atoms with Gasteiger partial charge in [-0.3, -0.25) is 4.90 Å². The van der Waals surface area contributed by atoms with Crippen molar-refractivity contribution in [3.8, 4) is 28.9 Å². The zero-order valence-electron chi connectivity index (χ0n) is 27.3. The Balaban J connectivity index is 1.33. The maximum atomic E-state index is 16.9. The highest BCUT2D eigenvalue weighted by Gasteiger charge is 2.33. The summed E-state index contributed by atoms with van der Waals surface area (Å²) in [4.78, 5) is 18.1. The van der Waals surface area contributed by atoms with E-state index in [0.29, 0.717) is 31.1 Å². The van der Waals surface area contributed by atoms with Crippen LogP contribution in [-0.4, -0.2) is 108 Å². The van der Waals surface area contributed by atoms with Gasteiger partial charge in [0.05, 0.1) is 26.9 Å². The molecule has 2 N–H and O–H groups in total. The van der Waals surface area contributed by atoms with Crippen molar-refractivity contribution in [1.29, 1.82) is 0 Å². The molecule has 7 rings (SSSR count). The molecule has 0 amide bonds. The van der Waals surface area contributed by atoms with E-state index >= 15 is 8.78 Å². The second kappa shape index (κ2) is 13.5. The van der Waals surface area contributed by atoms with Crippen LogP contribution in [0.25, 0.3) is 32.9 Å². The summed E-state index contributed by atoms with van der Waals surface area (Å²) < 4.78 is 55.3. The molecule has 2 unspecified atom stereocenters. The number of methoxy groups -OCH3 is 1. The fourth-order valence-electron chi connectivity index (χ4n) is 7.22. The Morgan fingerprint density at radius 1 is 1.02 bits per heavy atom. The minimum absolute atomic E-state index is 0.000908. The van der Waals surface area contributed by atoms with Crippen molar-refractivity contribution in [3.63, 3.8) is 0 Å². The van der Waals surface area contributed by atoms with Gasteiger partial charge in [-0.2, -0.15) is 9.97 Å². The number of fused-ring (bicyclic) bond motifs is 2. The van der Waals surface area contributed by atoms with Gasteiger partial charge < -0.3 is 34.1 Å². The van der Waals surface area contributed by atoms with Crippen molar-refractivity contribution >= 4 is 27.5 Å². The molecule has 2 atom stereocenters. The number of phenols is 1. The highest BCUT2D eigenvalue weighted by atomic mass is 19.1. The molecule has 2 aromatic carbocycles. The molecule has 3 aliphatic heterocycles. The topological polar surface area (TPSA) is 123 Å². The number of aromatic nitrogens is 3. The molecule has 48 heavy (non-hydrogen) atoms. The van der Waals surface area contributed by atoms with Crippen LogP contribution in [0.5, 0.6) is 17.6 Å². The number of halogens is 2. The Morgan fingerprint density at radius 2 is 1.85 bits per heavy atom. The fraction of sp³-hybridized carbons (Fsp3) is 0.514. The minimum atomic E-state index is -1.22. The molecule has 0 bridgehead atoms. The summed E-state index contributed by atoms with van der Waals surface area (Å²) in [5.41, 5.74) is -1.56. The fourth-order valence-corrected chi connectivity index (χ4v) is 7.22. The third kappa shape index (κ3) is 6.56. The van der Waals surface area contributed by atoms with Crippen LogP contribution < -0.4 is 14.4 Å². The normalized spacial score (nSPS) is 22.8. The zero-order chi connectivity index (χ0) is 33.4. The first kappa shape index (κ1) is 32.6. The summed E-state index contributed by atoms with van der Waals surface area (Å²) in [5.74, 6) is -0.777. The van der Waals surface area contributed by atoms with Crippen LogP contribution in [0.15, 0.2) is 30.3 Å². The Kier molecular flexibility index (Phi) is 9.20. The number of benzene rings is 2. The summed E-state index contributed by atoms with van der Waals surface area (Å²) in [6, 6.07) is 7.22. The van der Waals surface area contributed by atoms with Crippen molar-refractivity contribution in [2.45, 2.75) is 44.2 Å². The highest BCUT2D eigenvalue weighted by Crippen LogP contribution is 2.41. The lowest BCUT2D eigenvalue weighted by atomic mass is 9.99. The molecule has 3 saturated heterocycles. The van der Waals surface area contributed by atoms with E-state index in [1.807, 2.05) is 0 Å². The quantitative estimate of drug-likeness (QED) is 0.273. The molecule has 0 saturated carbocycles. The van der Waals surface area contributed by atoms with Gasteiger partial charge in [0, 0.05) is 43.3 Å². The number of β-amino-alcohol motifs (C(OH)–C–C–N with tert-alkyl or cyclic N) is 1. The van der Waals surface area contributed by atoms with E-state index in [1.165, 1.54) is 31.4 Å². The van der Waals surface area contributed by atoms with E-state index in [0.717, 1.165) is 52.0 Å². The number of aromatic hydroxyl groups is 1. The standard InChI is InChI=1S/C35H41F2N5O6/c1-35(44)19-42(11-14-47-20-35)32-28-31(39-34(40-32)48-18-23-6-4-10-41(23)17-21-8-12-46-13-9-21)29(37)30(38-33(28)45-2)25-16-24(43)15-22-5-3-7-26(36)27(22)25/h3,5,7,15-16,21,23,43-44H,4,6,8-14,17-20H2,1-2H3. The summed E-state index contributed by atoms with van der Waals surface area (Å²) in [5, 5.41) is 22.2. The number of anilines is 1. The van der Waals surface area contributed by atoms with Crippen molar-refractivity contribution in [2.75, 3.05) is 71.2 Å². The molecule has 3 aliphatic rings. The van der Waals surface area contributed by atoms with Gasteiger partial charge in [0.15, 0.2) is 5.82 Å². The van der Waals surface area contributed by atoms with Crippen LogP contribution in [0.3, 0.4) is 0 Å². The number of hydrogen-bond donors (Lipinski definition) is 2. The van der Waals surface area contributed by atoms with Crippen molar-refractivity contribution < 1.29 is 37.9 Å². The van der Waals surface area contributed by atoms with Gasteiger partial charge in [0.2, 0.25) is 5.88 Å². The van der Waals surface area contributed by atoms with E-state index in [-0.39, 0.29) is 70.2 Å². The van der Waals surface area contributed by atoms with Crippen molar-refractivity contribution in [1.82, 2.24) is 19.9 Å². The zero-order valence-corrected chi connectivity index (χ0v) is 27.3. The van der Waals surface area contributed by atoms with Crippen molar-refractivity contribution in [3.05, 3.63) is 42.0 Å². The van der Waals surface area contributed by atoms with Crippen LogP contribution in [0.4, 0.5) is 14.6 Å². The maximum absolute atomic E-state index is 16.9. The number of ether oxygens (including phenoxy) is 4. The van der Waals surface area contributed by atoms with Gasteiger partial charge in [-0.25, -0.2) is 13.8 Å². The first-order valence-electron chi connectivity index (χ1n) is 16.6. The van der Waals surface area contributed by atoms with Gasteiger partial charge >= 0.3 is 6.01 Å². The molecular formula is C35H41F2N5O6. The van der Waals surface area contributed by atoms with E-state index in [9.17, 15) is 10.2 Å². The SMILES string of the molecule is COc1nc(-c2cc(O)cc3cccc(F)c23)c(F)c2nc(OCC3CCCN3CC3CCOCC3)nc(N3CCOCC(C)(O)C3)c12. The number of nitrogens with zero attached hydrogens (tertiary/aromatic N) is 5. The summed E-state index contributed by atoms with van der Waals surface area (Å²) in [6.45, 7) is 6.40. The predicted molar refractivity (Wildman–Crippen MR) is 176 cm³/mol. The Hall–Kier alpha value is -3.91. The highest BCUT2D eigenvalue weighted by molar-refractivity contribution is 6.02.